The summed E-state index contributed by atoms with van der Waals surface area (Å²) in [6, 6.07) is 0. The third-order valence-corrected chi connectivity index (χ3v) is 2.25. The molecule has 1 aromatic heterocycles. The number of nitrogens with zero attached hydrogens (tertiary/aromatic N) is 1. The average Bonchev–Trinajstić information content (AvgIpc) is 2.63. The Labute approximate surface area is 87.3 Å². The van der Waals surface area contributed by atoms with Crippen LogP contribution in [0.1, 0.15) is 18.9 Å². The number of nitrogens with one attached hydrogen (secondary N) is 1. The number of carbonyl (C=O) groups is 1. The zero-order valence-electron chi connectivity index (χ0n) is 8.32. The van der Waals surface area contributed by atoms with Crippen LogP contribution in [0.25, 0.3) is 0 Å². The number of ether oxygens (including phenoxy) is 1. The predicted molar refractivity (Wildman–Crippen MR) is 55.0 cm³/mol. The van der Waals surface area contributed by atoms with Crippen molar-refractivity contribution in [3.8, 4) is 0 Å². The molecule has 0 unspecified atom stereocenters. The Morgan fingerprint density at radius 1 is 1.71 bits per heavy atom. The predicted octanol–water partition coefficient (Wildman–Crippen LogP) is 1.18. The summed E-state index contributed by atoms with van der Waals surface area (Å²) in [5, 5.41) is 5.51. The Kier molecular flexibility index (Phi) is 4.55. The van der Waals surface area contributed by atoms with Gasteiger partial charge in [-0.3, -0.25) is 4.79 Å². The number of amides is 1. The van der Waals surface area contributed by atoms with Gasteiger partial charge >= 0.3 is 0 Å². The standard InChI is InChI=1S/C9H14N2O2S/c1-7(2)13-6-8(12)11-5-9-10-3-4-14-9/h3-4,7H,5-6H2,1-2H3,(H,11,12). The Morgan fingerprint density at radius 3 is 3.07 bits per heavy atom. The van der Waals surface area contributed by atoms with E-state index in [0.29, 0.717) is 6.54 Å². The van der Waals surface area contributed by atoms with E-state index in [4.69, 9.17) is 4.74 Å². The highest BCUT2D eigenvalue weighted by atomic mass is 32.1. The van der Waals surface area contributed by atoms with Crippen molar-refractivity contribution in [1.29, 1.82) is 0 Å². The van der Waals surface area contributed by atoms with Crippen molar-refractivity contribution in [2.75, 3.05) is 6.61 Å². The monoisotopic (exact) mass is 214 g/mol. The van der Waals surface area contributed by atoms with Crippen molar-refractivity contribution in [2.45, 2.75) is 26.5 Å². The van der Waals surface area contributed by atoms with E-state index < -0.39 is 0 Å². The van der Waals surface area contributed by atoms with Crippen LogP contribution in [0, 0.1) is 0 Å². The number of hydrogen-bond donors (Lipinski definition) is 1. The van der Waals surface area contributed by atoms with E-state index in [0.717, 1.165) is 5.01 Å². The van der Waals surface area contributed by atoms with Gasteiger partial charge in [-0.25, -0.2) is 4.98 Å². The molecule has 0 aliphatic rings. The lowest BCUT2D eigenvalue weighted by molar-refractivity contribution is -0.127. The average molecular weight is 214 g/mol. The molecule has 78 valence electrons. The first-order chi connectivity index (χ1) is 6.68. The minimum Gasteiger partial charge on any atom is -0.369 e. The van der Waals surface area contributed by atoms with Gasteiger partial charge in [-0.1, -0.05) is 0 Å². The lowest BCUT2D eigenvalue weighted by atomic mass is 10.5. The molecule has 4 nitrogen and oxygen atoms in total. The highest BCUT2D eigenvalue weighted by Crippen LogP contribution is 2.02. The highest BCUT2D eigenvalue weighted by molar-refractivity contribution is 7.09. The molecule has 14 heavy (non-hydrogen) atoms. The molecule has 1 amide bonds. The summed E-state index contributed by atoms with van der Waals surface area (Å²) in [6.45, 7) is 4.39. The van der Waals surface area contributed by atoms with Crippen LogP contribution >= 0.6 is 11.3 Å². The fraction of sp³-hybridized carbons (Fsp3) is 0.556. The molecule has 0 aliphatic heterocycles. The molecular weight excluding hydrogens is 200 g/mol. The van der Waals surface area contributed by atoms with Crippen molar-refractivity contribution >= 4 is 17.2 Å². The van der Waals surface area contributed by atoms with Crippen LogP contribution in [0.3, 0.4) is 0 Å². The van der Waals surface area contributed by atoms with Crippen molar-refractivity contribution in [3.63, 3.8) is 0 Å². The number of thiazole rings is 1. The molecule has 0 bridgehead atoms. The maximum absolute atomic E-state index is 11.2. The molecule has 0 saturated heterocycles. The van der Waals surface area contributed by atoms with Crippen LogP contribution in [0.5, 0.6) is 0 Å². The largest absolute Gasteiger partial charge is 0.369 e. The second kappa shape index (κ2) is 5.72. The van der Waals surface area contributed by atoms with Gasteiger partial charge in [0, 0.05) is 11.6 Å². The molecule has 1 aromatic rings. The fourth-order valence-corrected chi connectivity index (χ4v) is 1.36. The van der Waals surface area contributed by atoms with Crippen LogP contribution in [0.4, 0.5) is 0 Å². The first kappa shape index (κ1) is 11.1. The number of hydrogen-bond acceptors (Lipinski definition) is 4. The van der Waals surface area contributed by atoms with Crippen LogP contribution in [-0.2, 0) is 16.1 Å². The highest BCUT2D eigenvalue weighted by Gasteiger charge is 2.03. The van der Waals surface area contributed by atoms with Crippen molar-refractivity contribution in [2.24, 2.45) is 0 Å². The van der Waals surface area contributed by atoms with Gasteiger partial charge in [0.1, 0.15) is 11.6 Å². The number of rotatable bonds is 5. The van der Waals surface area contributed by atoms with Crippen molar-refractivity contribution in [1.82, 2.24) is 10.3 Å². The molecule has 5 heteroatoms. The Bertz CT molecular complexity index is 272. The van der Waals surface area contributed by atoms with E-state index in [-0.39, 0.29) is 18.6 Å². The summed E-state index contributed by atoms with van der Waals surface area (Å²) in [7, 11) is 0. The minimum atomic E-state index is -0.103. The van der Waals surface area contributed by atoms with Gasteiger partial charge in [-0.2, -0.15) is 0 Å². The van der Waals surface area contributed by atoms with E-state index in [1.807, 2.05) is 19.2 Å². The van der Waals surface area contributed by atoms with Gasteiger partial charge < -0.3 is 10.1 Å². The molecule has 0 aliphatic carbocycles. The van der Waals surface area contributed by atoms with Gasteiger partial charge in [-0.15, -0.1) is 11.3 Å². The summed E-state index contributed by atoms with van der Waals surface area (Å²) < 4.78 is 5.14. The van der Waals surface area contributed by atoms with Crippen molar-refractivity contribution in [3.05, 3.63) is 16.6 Å². The summed E-state index contributed by atoms with van der Waals surface area (Å²) in [5.41, 5.74) is 0. The molecule has 0 fully saturated rings. The Hall–Kier alpha value is -0.940. The minimum absolute atomic E-state index is 0.0839. The molecule has 0 spiro atoms. The third kappa shape index (κ3) is 4.34. The van der Waals surface area contributed by atoms with E-state index in [1.165, 1.54) is 11.3 Å². The second-order valence-electron chi connectivity index (χ2n) is 3.06. The van der Waals surface area contributed by atoms with Crippen molar-refractivity contribution < 1.29 is 9.53 Å². The lowest BCUT2D eigenvalue weighted by Gasteiger charge is -2.06. The van der Waals surface area contributed by atoms with Crippen LogP contribution < -0.4 is 5.32 Å². The Balaban J connectivity index is 2.15. The topological polar surface area (TPSA) is 51.2 Å². The molecular formula is C9H14N2O2S. The van der Waals surface area contributed by atoms with Crippen LogP contribution in [0.2, 0.25) is 0 Å². The molecule has 1 rings (SSSR count). The van der Waals surface area contributed by atoms with Crippen LogP contribution in [-0.4, -0.2) is 23.6 Å². The smallest absolute Gasteiger partial charge is 0.246 e. The molecule has 0 atom stereocenters. The first-order valence-corrected chi connectivity index (χ1v) is 5.33. The van der Waals surface area contributed by atoms with E-state index in [9.17, 15) is 4.79 Å². The van der Waals surface area contributed by atoms with Gasteiger partial charge in [-0.05, 0) is 13.8 Å². The lowest BCUT2D eigenvalue weighted by Crippen LogP contribution is -2.28. The normalized spacial score (nSPS) is 10.5. The van der Waals surface area contributed by atoms with E-state index in [1.54, 1.807) is 6.20 Å². The summed E-state index contributed by atoms with van der Waals surface area (Å²) >= 11 is 1.52. The van der Waals surface area contributed by atoms with E-state index in [2.05, 4.69) is 10.3 Å². The summed E-state index contributed by atoms with van der Waals surface area (Å²) in [6.07, 6.45) is 1.80. The number of aromatic nitrogens is 1. The third-order valence-electron chi connectivity index (χ3n) is 1.47. The second-order valence-corrected chi connectivity index (χ2v) is 4.04. The molecule has 0 radical (unpaired) electrons. The Morgan fingerprint density at radius 2 is 2.50 bits per heavy atom. The fourth-order valence-electron chi connectivity index (χ4n) is 0.808. The maximum Gasteiger partial charge on any atom is 0.246 e. The first-order valence-electron chi connectivity index (χ1n) is 4.45. The molecule has 0 saturated carbocycles. The maximum atomic E-state index is 11.2. The quantitative estimate of drug-likeness (QED) is 0.801. The van der Waals surface area contributed by atoms with Gasteiger partial charge in [0.25, 0.3) is 0 Å². The summed E-state index contributed by atoms with van der Waals surface area (Å²) in [5.74, 6) is -0.103. The molecule has 1 N–H and O–H groups in total. The van der Waals surface area contributed by atoms with Gasteiger partial charge in [0.05, 0.1) is 12.6 Å². The SMILES string of the molecule is CC(C)OCC(=O)NCc1nccs1. The summed E-state index contributed by atoms with van der Waals surface area (Å²) in [4.78, 5) is 15.2. The zero-order chi connectivity index (χ0) is 10.4. The van der Waals surface area contributed by atoms with Gasteiger partial charge in [0.15, 0.2) is 0 Å². The number of carbonyl (C=O) groups excluding carboxylic acids is 1. The van der Waals surface area contributed by atoms with Gasteiger partial charge in [0.2, 0.25) is 5.91 Å². The molecule has 0 aromatic carbocycles. The van der Waals surface area contributed by atoms with E-state index >= 15 is 0 Å². The molecule has 1 heterocycles. The zero-order valence-corrected chi connectivity index (χ0v) is 9.13. The van der Waals surface area contributed by atoms with Crippen LogP contribution in [0.15, 0.2) is 11.6 Å².